The molecule has 1 aromatic carbocycles. The third-order valence-corrected chi connectivity index (χ3v) is 3.90. The standard InChI is InChI=1S/C15H7Cl5F3NO2/c16-7-3-8(15(21,22)23)14(24-6-7)26-12-5-9(17)11(4-10(12)18)25-2-1-13(19)20/h1,3-6H,2H2. The molecule has 2 aromatic rings. The number of nitrogens with zero attached hydrogens (tertiary/aromatic N) is 1. The summed E-state index contributed by atoms with van der Waals surface area (Å²) >= 11 is 28.5. The Morgan fingerprint density at radius 2 is 1.65 bits per heavy atom. The van der Waals surface area contributed by atoms with Crippen LogP contribution in [-0.2, 0) is 6.18 Å². The first kappa shape index (κ1) is 21.3. The molecule has 0 saturated heterocycles. The van der Waals surface area contributed by atoms with Crippen molar-refractivity contribution in [2.24, 2.45) is 0 Å². The first-order valence-corrected chi connectivity index (χ1v) is 8.50. The summed E-state index contributed by atoms with van der Waals surface area (Å²) in [5.74, 6) is -0.699. The van der Waals surface area contributed by atoms with Crippen LogP contribution in [0.1, 0.15) is 5.56 Å². The van der Waals surface area contributed by atoms with E-state index in [1.165, 1.54) is 18.2 Å². The van der Waals surface area contributed by atoms with Gasteiger partial charge in [-0.05, 0) is 12.1 Å². The van der Waals surface area contributed by atoms with Crippen LogP contribution < -0.4 is 9.47 Å². The number of pyridine rings is 1. The highest BCUT2D eigenvalue weighted by Crippen LogP contribution is 2.42. The molecule has 0 spiro atoms. The van der Waals surface area contributed by atoms with Gasteiger partial charge in [-0.3, -0.25) is 0 Å². The Morgan fingerprint density at radius 3 is 2.27 bits per heavy atom. The molecule has 2 rings (SSSR count). The fourth-order valence-corrected chi connectivity index (χ4v) is 2.39. The first-order chi connectivity index (χ1) is 12.1. The molecule has 0 amide bonds. The second-order valence-electron chi connectivity index (χ2n) is 4.62. The van der Waals surface area contributed by atoms with Gasteiger partial charge in [0.1, 0.15) is 28.2 Å². The summed E-state index contributed by atoms with van der Waals surface area (Å²) in [6.07, 6.45) is -2.34. The Morgan fingerprint density at radius 1 is 1.04 bits per heavy atom. The van der Waals surface area contributed by atoms with Crippen LogP contribution >= 0.6 is 58.0 Å². The van der Waals surface area contributed by atoms with E-state index < -0.39 is 17.6 Å². The maximum atomic E-state index is 13.1. The highest BCUT2D eigenvalue weighted by atomic mass is 35.5. The van der Waals surface area contributed by atoms with E-state index in [0.717, 1.165) is 6.20 Å². The van der Waals surface area contributed by atoms with Crippen LogP contribution in [0.2, 0.25) is 15.1 Å². The van der Waals surface area contributed by atoms with Gasteiger partial charge < -0.3 is 9.47 Å². The fraction of sp³-hybridized carbons (Fsp3) is 0.133. The number of ether oxygens (including phenoxy) is 2. The van der Waals surface area contributed by atoms with E-state index in [4.69, 9.17) is 67.5 Å². The molecule has 0 aliphatic heterocycles. The van der Waals surface area contributed by atoms with Gasteiger partial charge in [0.05, 0.1) is 15.1 Å². The zero-order valence-corrected chi connectivity index (χ0v) is 16.2. The molecular formula is C15H7Cl5F3NO2. The minimum Gasteiger partial charge on any atom is -0.488 e. The maximum Gasteiger partial charge on any atom is 0.421 e. The van der Waals surface area contributed by atoms with Gasteiger partial charge in [-0.1, -0.05) is 58.0 Å². The zero-order chi connectivity index (χ0) is 19.5. The number of hydrogen-bond acceptors (Lipinski definition) is 3. The van der Waals surface area contributed by atoms with E-state index in [2.05, 4.69) is 4.98 Å². The lowest BCUT2D eigenvalue weighted by Gasteiger charge is -2.15. The van der Waals surface area contributed by atoms with Crippen LogP contribution in [0.5, 0.6) is 17.4 Å². The quantitative estimate of drug-likeness (QED) is 0.455. The van der Waals surface area contributed by atoms with E-state index in [-0.39, 0.29) is 37.7 Å². The molecule has 1 aromatic heterocycles. The van der Waals surface area contributed by atoms with Gasteiger partial charge in [-0.15, -0.1) is 0 Å². The first-order valence-electron chi connectivity index (χ1n) is 6.61. The van der Waals surface area contributed by atoms with Gasteiger partial charge in [0.25, 0.3) is 0 Å². The number of benzene rings is 1. The average Bonchev–Trinajstić information content (AvgIpc) is 2.52. The third-order valence-electron chi connectivity index (χ3n) is 2.79. The van der Waals surface area contributed by atoms with E-state index in [1.807, 2.05) is 0 Å². The van der Waals surface area contributed by atoms with Crippen molar-refractivity contribution in [2.75, 3.05) is 6.61 Å². The average molecular weight is 467 g/mol. The summed E-state index contributed by atoms with van der Waals surface area (Å²) in [7, 11) is 0. The summed E-state index contributed by atoms with van der Waals surface area (Å²) in [5.41, 5.74) is -1.15. The van der Waals surface area contributed by atoms with Crippen LogP contribution in [0.4, 0.5) is 13.2 Å². The number of hydrogen-bond donors (Lipinski definition) is 0. The van der Waals surface area contributed by atoms with Gasteiger partial charge in [0, 0.05) is 18.3 Å². The summed E-state index contributed by atoms with van der Waals surface area (Å²) < 4.78 is 49.8. The van der Waals surface area contributed by atoms with Crippen molar-refractivity contribution in [3.63, 3.8) is 0 Å². The molecule has 0 N–H and O–H groups in total. The van der Waals surface area contributed by atoms with Crippen molar-refractivity contribution in [2.45, 2.75) is 6.18 Å². The molecule has 0 aliphatic rings. The summed E-state index contributed by atoms with van der Waals surface area (Å²) in [4.78, 5) is 3.56. The highest BCUT2D eigenvalue weighted by Gasteiger charge is 2.36. The molecule has 11 heteroatoms. The largest absolute Gasteiger partial charge is 0.488 e. The SMILES string of the molecule is FC(F)(F)c1cc(Cl)cnc1Oc1cc(Cl)c(OCC=C(Cl)Cl)cc1Cl. The maximum absolute atomic E-state index is 13.1. The van der Waals surface area contributed by atoms with Crippen LogP contribution in [0, 0.1) is 0 Å². The van der Waals surface area contributed by atoms with Crippen molar-refractivity contribution < 1.29 is 22.6 Å². The molecule has 0 fully saturated rings. The zero-order valence-electron chi connectivity index (χ0n) is 12.4. The molecule has 0 radical (unpaired) electrons. The normalized spacial score (nSPS) is 11.2. The van der Waals surface area contributed by atoms with Crippen molar-refractivity contribution in [1.29, 1.82) is 0 Å². The van der Waals surface area contributed by atoms with Crippen molar-refractivity contribution in [3.8, 4) is 17.4 Å². The fourth-order valence-electron chi connectivity index (χ4n) is 1.71. The highest BCUT2D eigenvalue weighted by molar-refractivity contribution is 6.55. The van der Waals surface area contributed by atoms with Gasteiger partial charge >= 0.3 is 6.18 Å². The summed E-state index contributed by atoms with van der Waals surface area (Å²) in [5, 5.41) is -0.190. The second-order valence-corrected chi connectivity index (χ2v) is 6.88. The summed E-state index contributed by atoms with van der Waals surface area (Å²) in [6, 6.07) is 3.17. The van der Waals surface area contributed by atoms with Crippen LogP contribution in [0.15, 0.2) is 35.0 Å². The molecule has 0 unspecified atom stereocenters. The van der Waals surface area contributed by atoms with Crippen LogP contribution in [0.25, 0.3) is 0 Å². The lowest BCUT2D eigenvalue weighted by molar-refractivity contribution is -0.138. The predicted molar refractivity (Wildman–Crippen MR) is 96.1 cm³/mol. The molecule has 3 nitrogen and oxygen atoms in total. The van der Waals surface area contributed by atoms with E-state index in [1.54, 1.807) is 0 Å². The molecule has 0 aliphatic carbocycles. The molecular weight excluding hydrogens is 460 g/mol. The molecule has 0 atom stereocenters. The number of halogens is 8. The minimum atomic E-state index is -4.72. The minimum absolute atomic E-state index is 0.000616. The van der Waals surface area contributed by atoms with Crippen molar-refractivity contribution in [1.82, 2.24) is 4.98 Å². The van der Waals surface area contributed by atoms with Crippen LogP contribution in [0.3, 0.4) is 0 Å². The van der Waals surface area contributed by atoms with Gasteiger partial charge in [-0.2, -0.15) is 13.2 Å². The molecule has 0 bridgehead atoms. The summed E-state index contributed by atoms with van der Waals surface area (Å²) in [6.45, 7) is 0.00947. The second kappa shape index (κ2) is 8.76. The number of aromatic nitrogens is 1. The number of rotatable bonds is 5. The van der Waals surface area contributed by atoms with E-state index in [9.17, 15) is 13.2 Å². The van der Waals surface area contributed by atoms with Crippen LogP contribution in [-0.4, -0.2) is 11.6 Å². The predicted octanol–water partition coefficient (Wildman–Crippen LogP) is 7.55. The monoisotopic (exact) mass is 465 g/mol. The smallest absolute Gasteiger partial charge is 0.421 e. The lowest BCUT2D eigenvalue weighted by atomic mass is 10.2. The van der Waals surface area contributed by atoms with Crippen molar-refractivity contribution >= 4 is 58.0 Å². The molecule has 140 valence electrons. The molecule has 1 heterocycles. The lowest BCUT2D eigenvalue weighted by Crippen LogP contribution is -2.08. The van der Waals surface area contributed by atoms with E-state index >= 15 is 0 Å². The van der Waals surface area contributed by atoms with Gasteiger partial charge in [0.2, 0.25) is 5.88 Å². The topological polar surface area (TPSA) is 31.4 Å². The van der Waals surface area contributed by atoms with E-state index in [0.29, 0.717) is 6.07 Å². The van der Waals surface area contributed by atoms with Crippen molar-refractivity contribution in [3.05, 3.63) is 55.6 Å². The third kappa shape index (κ3) is 5.72. The Labute approximate surface area is 171 Å². The molecule has 0 saturated carbocycles. The number of alkyl halides is 3. The Balaban J connectivity index is 2.31. The Kier molecular flexibility index (Phi) is 7.16. The van der Waals surface area contributed by atoms with Gasteiger partial charge in [0.15, 0.2) is 0 Å². The Bertz CT molecular complexity index is 839. The Hall–Kier alpha value is -1.05. The van der Waals surface area contributed by atoms with Gasteiger partial charge in [-0.25, -0.2) is 4.98 Å². The molecule has 26 heavy (non-hydrogen) atoms.